The van der Waals surface area contributed by atoms with E-state index in [1.807, 2.05) is 12.1 Å². The van der Waals surface area contributed by atoms with E-state index in [-0.39, 0.29) is 5.91 Å². The summed E-state index contributed by atoms with van der Waals surface area (Å²) in [5.74, 6) is -0.264. The van der Waals surface area contributed by atoms with E-state index < -0.39 is 0 Å². The molecule has 0 aliphatic rings. The third-order valence-electron chi connectivity index (χ3n) is 2.48. The zero-order valence-electron chi connectivity index (χ0n) is 11.0. The molecular formula is C17H19NO. The average Bonchev–Trinajstić information content (AvgIpc) is 2.47. The number of allylic oxidation sites excluding steroid dienone is 1. The highest BCUT2D eigenvalue weighted by molar-refractivity contribution is 5.73. The van der Waals surface area contributed by atoms with E-state index in [9.17, 15) is 4.79 Å². The van der Waals surface area contributed by atoms with Gasteiger partial charge in [-0.3, -0.25) is 4.79 Å². The number of hydrogen-bond acceptors (Lipinski definition) is 1. The van der Waals surface area contributed by atoms with Gasteiger partial charge in [-0.05, 0) is 17.5 Å². The van der Waals surface area contributed by atoms with Crippen LogP contribution in [0.5, 0.6) is 0 Å². The Bertz CT molecular complexity index is 454. The van der Waals surface area contributed by atoms with Gasteiger partial charge in [-0.2, -0.15) is 0 Å². The highest BCUT2D eigenvalue weighted by atomic mass is 16.1. The SMILES string of the molecule is C=CCCC(N)=O.c1ccc(-c2ccccc2)cc1. The fourth-order valence-electron chi connectivity index (χ4n) is 1.51. The molecule has 2 rings (SSSR count). The molecule has 19 heavy (non-hydrogen) atoms. The van der Waals surface area contributed by atoms with Gasteiger partial charge < -0.3 is 5.73 Å². The van der Waals surface area contributed by atoms with Gasteiger partial charge in [0.25, 0.3) is 0 Å². The Hall–Kier alpha value is -2.35. The topological polar surface area (TPSA) is 43.1 Å². The van der Waals surface area contributed by atoms with Crippen LogP contribution in [0.2, 0.25) is 0 Å². The monoisotopic (exact) mass is 253 g/mol. The molecule has 0 unspecified atom stereocenters. The lowest BCUT2D eigenvalue weighted by Crippen LogP contribution is -2.08. The number of primary amides is 1. The lowest BCUT2D eigenvalue weighted by atomic mass is 10.1. The molecule has 98 valence electrons. The minimum Gasteiger partial charge on any atom is -0.370 e. The van der Waals surface area contributed by atoms with Crippen LogP contribution >= 0.6 is 0 Å². The van der Waals surface area contributed by atoms with E-state index in [1.54, 1.807) is 6.08 Å². The lowest BCUT2D eigenvalue weighted by Gasteiger charge is -1.98. The maximum absolute atomic E-state index is 9.93. The molecule has 0 aliphatic carbocycles. The molecule has 0 atom stereocenters. The molecule has 0 saturated carbocycles. The maximum atomic E-state index is 9.93. The summed E-state index contributed by atoms with van der Waals surface area (Å²) in [5.41, 5.74) is 7.34. The second kappa shape index (κ2) is 8.70. The first-order valence-electron chi connectivity index (χ1n) is 6.23. The summed E-state index contributed by atoms with van der Waals surface area (Å²) in [7, 11) is 0. The van der Waals surface area contributed by atoms with Gasteiger partial charge in [-0.15, -0.1) is 6.58 Å². The molecule has 2 aromatic carbocycles. The van der Waals surface area contributed by atoms with Crippen molar-refractivity contribution >= 4 is 5.91 Å². The number of benzene rings is 2. The van der Waals surface area contributed by atoms with Crippen LogP contribution in [-0.2, 0) is 4.79 Å². The second-order valence-electron chi connectivity index (χ2n) is 4.03. The molecule has 2 heteroatoms. The van der Waals surface area contributed by atoms with Crippen molar-refractivity contribution in [3.8, 4) is 11.1 Å². The van der Waals surface area contributed by atoms with Crippen LogP contribution < -0.4 is 5.73 Å². The first-order chi connectivity index (χ1) is 9.24. The Kier molecular flexibility index (Phi) is 6.73. The summed E-state index contributed by atoms with van der Waals surface area (Å²) in [4.78, 5) is 9.93. The molecule has 0 radical (unpaired) electrons. The minimum absolute atomic E-state index is 0.264. The highest BCUT2D eigenvalue weighted by Crippen LogP contribution is 2.17. The zero-order valence-corrected chi connectivity index (χ0v) is 11.0. The summed E-state index contributed by atoms with van der Waals surface area (Å²) < 4.78 is 0. The highest BCUT2D eigenvalue weighted by Gasteiger charge is 1.91. The molecular weight excluding hydrogens is 234 g/mol. The van der Waals surface area contributed by atoms with E-state index in [0.29, 0.717) is 12.8 Å². The van der Waals surface area contributed by atoms with Gasteiger partial charge in [-0.25, -0.2) is 0 Å². The Labute approximate surface area is 114 Å². The van der Waals surface area contributed by atoms with Crippen molar-refractivity contribution in [2.45, 2.75) is 12.8 Å². The average molecular weight is 253 g/mol. The molecule has 0 bridgehead atoms. The summed E-state index contributed by atoms with van der Waals surface area (Å²) in [5, 5.41) is 0. The molecule has 0 spiro atoms. The van der Waals surface area contributed by atoms with Gasteiger partial charge in [0.1, 0.15) is 0 Å². The van der Waals surface area contributed by atoms with Crippen molar-refractivity contribution < 1.29 is 4.79 Å². The minimum atomic E-state index is -0.264. The van der Waals surface area contributed by atoms with Crippen molar-refractivity contribution in [3.63, 3.8) is 0 Å². The van der Waals surface area contributed by atoms with Gasteiger partial charge >= 0.3 is 0 Å². The number of amides is 1. The van der Waals surface area contributed by atoms with E-state index in [4.69, 9.17) is 5.73 Å². The van der Waals surface area contributed by atoms with Crippen LogP contribution in [0.4, 0.5) is 0 Å². The van der Waals surface area contributed by atoms with Gasteiger partial charge in [0.2, 0.25) is 5.91 Å². The molecule has 0 heterocycles. The Morgan fingerprint density at radius 1 is 0.947 bits per heavy atom. The third kappa shape index (κ3) is 6.22. The van der Waals surface area contributed by atoms with Crippen LogP contribution in [0.15, 0.2) is 73.3 Å². The normalized spacial score (nSPS) is 9.05. The van der Waals surface area contributed by atoms with Crippen molar-refractivity contribution in [1.82, 2.24) is 0 Å². The Morgan fingerprint density at radius 2 is 1.37 bits per heavy atom. The van der Waals surface area contributed by atoms with Gasteiger partial charge in [0, 0.05) is 6.42 Å². The number of carbonyl (C=O) groups is 1. The molecule has 2 N–H and O–H groups in total. The molecule has 2 aromatic rings. The molecule has 0 aliphatic heterocycles. The largest absolute Gasteiger partial charge is 0.370 e. The van der Waals surface area contributed by atoms with E-state index in [0.717, 1.165) is 0 Å². The second-order valence-corrected chi connectivity index (χ2v) is 4.03. The molecule has 0 fully saturated rings. The first kappa shape index (κ1) is 14.7. The van der Waals surface area contributed by atoms with Crippen LogP contribution in [0.1, 0.15) is 12.8 Å². The first-order valence-corrected chi connectivity index (χ1v) is 6.23. The summed E-state index contributed by atoms with van der Waals surface area (Å²) in [6.07, 6.45) is 2.78. The summed E-state index contributed by atoms with van der Waals surface area (Å²) in [6, 6.07) is 20.8. The maximum Gasteiger partial charge on any atom is 0.217 e. The van der Waals surface area contributed by atoms with Crippen molar-refractivity contribution in [2.75, 3.05) is 0 Å². The van der Waals surface area contributed by atoms with E-state index >= 15 is 0 Å². The molecule has 1 amide bonds. The van der Waals surface area contributed by atoms with Crippen LogP contribution in [0, 0.1) is 0 Å². The van der Waals surface area contributed by atoms with Crippen molar-refractivity contribution in [3.05, 3.63) is 73.3 Å². The van der Waals surface area contributed by atoms with Crippen molar-refractivity contribution in [1.29, 1.82) is 0 Å². The summed E-state index contributed by atoms with van der Waals surface area (Å²) in [6.45, 7) is 3.42. The fraction of sp³-hybridized carbons (Fsp3) is 0.118. The predicted octanol–water partition coefficient (Wildman–Crippen LogP) is 3.79. The van der Waals surface area contributed by atoms with Gasteiger partial charge in [0.15, 0.2) is 0 Å². The standard InChI is InChI=1S/C12H10.C5H9NO/c1-3-7-11(8-4-1)12-9-5-2-6-10-12;1-2-3-4-5(6)7/h1-10H;2H,1,3-4H2,(H2,6,7). The molecule has 0 saturated heterocycles. The molecule has 2 nitrogen and oxygen atoms in total. The van der Waals surface area contributed by atoms with E-state index in [1.165, 1.54) is 11.1 Å². The number of carbonyl (C=O) groups excluding carboxylic acids is 1. The smallest absolute Gasteiger partial charge is 0.217 e. The summed E-state index contributed by atoms with van der Waals surface area (Å²) >= 11 is 0. The lowest BCUT2D eigenvalue weighted by molar-refractivity contribution is -0.117. The number of hydrogen-bond donors (Lipinski definition) is 1. The fourth-order valence-corrected chi connectivity index (χ4v) is 1.51. The Morgan fingerprint density at radius 3 is 1.63 bits per heavy atom. The zero-order chi connectivity index (χ0) is 13.9. The van der Waals surface area contributed by atoms with Crippen LogP contribution in [-0.4, -0.2) is 5.91 Å². The van der Waals surface area contributed by atoms with Crippen LogP contribution in [0.25, 0.3) is 11.1 Å². The van der Waals surface area contributed by atoms with Gasteiger partial charge in [0.05, 0.1) is 0 Å². The van der Waals surface area contributed by atoms with Gasteiger partial charge in [-0.1, -0.05) is 66.7 Å². The third-order valence-corrected chi connectivity index (χ3v) is 2.48. The predicted molar refractivity (Wildman–Crippen MR) is 80.5 cm³/mol. The molecule has 0 aromatic heterocycles. The van der Waals surface area contributed by atoms with Crippen molar-refractivity contribution in [2.24, 2.45) is 5.73 Å². The Balaban J connectivity index is 0.000000224. The quantitative estimate of drug-likeness (QED) is 0.828. The van der Waals surface area contributed by atoms with E-state index in [2.05, 4.69) is 55.1 Å². The number of nitrogens with two attached hydrogens (primary N) is 1. The van der Waals surface area contributed by atoms with Crippen LogP contribution in [0.3, 0.4) is 0 Å². The number of rotatable bonds is 4.